The van der Waals surface area contributed by atoms with Gasteiger partial charge in [-0.25, -0.2) is 14.3 Å². The molecule has 0 saturated carbocycles. The first-order chi connectivity index (χ1) is 11.9. The Bertz CT molecular complexity index is 944. The summed E-state index contributed by atoms with van der Waals surface area (Å²) in [5.41, 5.74) is 3.50. The van der Waals surface area contributed by atoms with Crippen LogP contribution in [-0.4, -0.2) is 38.1 Å². The molecule has 0 atom stereocenters. The predicted molar refractivity (Wildman–Crippen MR) is 90.3 cm³/mol. The van der Waals surface area contributed by atoms with E-state index in [-0.39, 0.29) is 5.82 Å². The maximum absolute atomic E-state index is 12.0. The van der Waals surface area contributed by atoms with Crippen molar-refractivity contribution in [2.24, 2.45) is 0 Å². The number of fused-ring (bicyclic) bond motifs is 1. The van der Waals surface area contributed by atoms with Gasteiger partial charge in [-0.05, 0) is 50.1 Å². The summed E-state index contributed by atoms with van der Waals surface area (Å²) in [6, 6.07) is 7.42. The van der Waals surface area contributed by atoms with Gasteiger partial charge in [0.15, 0.2) is 6.61 Å². The molecule has 1 aromatic carbocycles. The maximum atomic E-state index is 12.0. The minimum Gasteiger partial charge on any atom is -0.450 e. The number of rotatable bonds is 4. The Labute approximate surface area is 143 Å². The van der Waals surface area contributed by atoms with Crippen LogP contribution < -0.4 is 5.32 Å². The number of hydrogen-bond acceptors (Lipinski definition) is 6. The minimum absolute atomic E-state index is 0.138. The topological polar surface area (TPSA) is 98.5 Å². The van der Waals surface area contributed by atoms with E-state index in [1.807, 2.05) is 39.0 Å². The Morgan fingerprint density at radius 2 is 1.88 bits per heavy atom. The number of hydrogen-bond donors (Lipinski definition) is 1. The summed E-state index contributed by atoms with van der Waals surface area (Å²) in [6.45, 7) is 5.27. The Hall–Kier alpha value is -3.29. The fourth-order valence-corrected chi connectivity index (χ4v) is 2.43. The van der Waals surface area contributed by atoms with Crippen molar-refractivity contribution in [3.05, 3.63) is 53.1 Å². The smallest absolute Gasteiger partial charge is 0.378 e. The fraction of sp³-hybridized carbons (Fsp3) is 0.235. The molecular formula is C17H17N5O3. The Kier molecular flexibility index (Phi) is 4.42. The molecule has 2 heterocycles. The lowest BCUT2D eigenvalue weighted by molar-refractivity contribution is -0.119. The number of ether oxygens (including phenoxy) is 1. The van der Waals surface area contributed by atoms with Gasteiger partial charge in [0.1, 0.15) is 0 Å². The maximum Gasteiger partial charge on any atom is 0.378 e. The molecule has 0 fully saturated rings. The molecule has 0 bridgehead atoms. The molecule has 0 saturated heterocycles. The molecule has 0 aliphatic heterocycles. The molecule has 128 valence electrons. The number of esters is 1. The van der Waals surface area contributed by atoms with Crippen molar-refractivity contribution in [1.82, 2.24) is 19.6 Å². The number of aryl methyl sites for hydroxylation is 3. The Morgan fingerprint density at radius 1 is 1.16 bits per heavy atom. The Balaban J connectivity index is 1.62. The average molecular weight is 339 g/mol. The van der Waals surface area contributed by atoms with Crippen LogP contribution in [0.25, 0.3) is 5.78 Å². The molecule has 8 heteroatoms. The highest BCUT2D eigenvalue weighted by Crippen LogP contribution is 2.13. The van der Waals surface area contributed by atoms with Crippen molar-refractivity contribution in [3.63, 3.8) is 0 Å². The monoisotopic (exact) mass is 339 g/mol. The van der Waals surface area contributed by atoms with Crippen LogP contribution in [0.4, 0.5) is 5.69 Å². The van der Waals surface area contributed by atoms with Gasteiger partial charge >= 0.3 is 5.97 Å². The van der Waals surface area contributed by atoms with E-state index in [1.54, 1.807) is 12.3 Å². The summed E-state index contributed by atoms with van der Waals surface area (Å²) >= 11 is 0. The van der Waals surface area contributed by atoms with Crippen molar-refractivity contribution in [3.8, 4) is 0 Å². The SMILES string of the molecule is Cc1cc(C)cc(NC(=O)COC(=O)c2nc3nccc(C)n3n2)c1. The van der Waals surface area contributed by atoms with Crippen LogP contribution >= 0.6 is 0 Å². The van der Waals surface area contributed by atoms with Crippen LogP contribution in [0.2, 0.25) is 0 Å². The van der Waals surface area contributed by atoms with Gasteiger partial charge in [-0.1, -0.05) is 6.07 Å². The van der Waals surface area contributed by atoms with E-state index in [4.69, 9.17) is 4.74 Å². The second kappa shape index (κ2) is 6.68. The van der Waals surface area contributed by atoms with Crippen molar-refractivity contribution in [2.75, 3.05) is 11.9 Å². The van der Waals surface area contributed by atoms with E-state index >= 15 is 0 Å². The molecule has 0 aliphatic rings. The zero-order chi connectivity index (χ0) is 18.0. The molecule has 8 nitrogen and oxygen atoms in total. The van der Waals surface area contributed by atoms with Crippen molar-refractivity contribution >= 4 is 23.3 Å². The fourth-order valence-electron chi connectivity index (χ4n) is 2.43. The summed E-state index contributed by atoms with van der Waals surface area (Å²) in [5.74, 6) is -1.05. The minimum atomic E-state index is -0.777. The van der Waals surface area contributed by atoms with Gasteiger partial charge in [0.05, 0.1) is 0 Å². The molecule has 0 spiro atoms. The first kappa shape index (κ1) is 16.6. The number of amides is 1. The van der Waals surface area contributed by atoms with Crippen LogP contribution in [-0.2, 0) is 9.53 Å². The first-order valence-corrected chi connectivity index (χ1v) is 7.66. The quantitative estimate of drug-likeness (QED) is 0.728. The number of carbonyl (C=O) groups is 2. The van der Waals surface area contributed by atoms with Crippen LogP contribution in [0, 0.1) is 20.8 Å². The van der Waals surface area contributed by atoms with Crippen molar-refractivity contribution in [2.45, 2.75) is 20.8 Å². The highest BCUT2D eigenvalue weighted by Gasteiger charge is 2.17. The molecule has 0 aliphatic carbocycles. The standard InChI is InChI=1S/C17H17N5O3/c1-10-6-11(2)8-13(7-10)19-14(23)9-25-16(24)15-20-17-18-5-4-12(3)22(17)21-15/h4-8H,9H2,1-3H3,(H,19,23). The van der Waals surface area contributed by atoms with Gasteiger partial charge in [-0.2, -0.15) is 4.98 Å². The van der Waals surface area contributed by atoms with E-state index in [2.05, 4.69) is 20.4 Å². The summed E-state index contributed by atoms with van der Waals surface area (Å²) in [4.78, 5) is 32.0. The van der Waals surface area contributed by atoms with Crippen molar-refractivity contribution < 1.29 is 14.3 Å². The predicted octanol–water partition coefficient (Wildman–Crippen LogP) is 1.85. The van der Waals surface area contributed by atoms with Crippen LogP contribution in [0.15, 0.2) is 30.5 Å². The highest BCUT2D eigenvalue weighted by atomic mass is 16.5. The third-order valence-electron chi connectivity index (χ3n) is 3.45. The van der Waals surface area contributed by atoms with E-state index in [9.17, 15) is 9.59 Å². The van der Waals surface area contributed by atoms with Crippen LogP contribution in [0.5, 0.6) is 0 Å². The average Bonchev–Trinajstić information content (AvgIpc) is 2.97. The lowest BCUT2D eigenvalue weighted by atomic mass is 10.1. The highest BCUT2D eigenvalue weighted by molar-refractivity contribution is 5.94. The lowest BCUT2D eigenvalue weighted by Crippen LogP contribution is -2.21. The number of nitrogens with one attached hydrogen (secondary N) is 1. The molecule has 0 radical (unpaired) electrons. The summed E-state index contributed by atoms with van der Waals surface area (Å²) in [6.07, 6.45) is 1.58. The third-order valence-corrected chi connectivity index (χ3v) is 3.45. The largest absolute Gasteiger partial charge is 0.450 e. The zero-order valence-electron chi connectivity index (χ0n) is 14.1. The summed E-state index contributed by atoms with van der Waals surface area (Å²) in [7, 11) is 0. The lowest BCUT2D eigenvalue weighted by Gasteiger charge is -2.07. The molecule has 0 unspecified atom stereocenters. The second-order valence-electron chi connectivity index (χ2n) is 5.73. The van der Waals surface area contributed by atoms with E-state index in [1.165, 1.54) is 4.52 Å². The van der Waals surface area contributed by atoms with Crippen molar-refractivity contribution in [1.29, 1.82) is 0 Å². The van der Waals surface area contributed by atoms with E-state index in [0.29, 0.717) is 11.5 Å². The second-order valence-corrected chi connectivity index (χ2v) is 5.73. The van der Waals surface area contributed by atoms with Gasteiger partial charge in [-0.15, -0.1) is 5.10 Å². The van der Waals surface area contributed by atoms with E-state index in [0.717, 1.165) is 16.8 Å². The summed E-state index contributed by atoms with van der Waals surface area (Å²) in [5, 5.41) is 6.73. The normalized spacial score (nSPS) is 10.7. The molecule has 3 rings (SSSR count). The molecule has 25 heavy (non-hydrogen) atoms. The molecule has 1 amide bonds. The molecular weight excluding hydrogens is 322 g/mol. The molecule has 3 aromatic rings. The summed E-state index contributed by atoms with van der Waals surface area (Å²) < 4.78 is 6.41. The number of carbonyl (C=O) groups excluding carboxylic acids is 2. The van der Waals surface area contributed by atoms with Gasteiger partial charge in [0.2, 0.25) is 0 Å². The number of aromatic nitrogens is 4. The molecule has 2 aromatic heterocycles. The van der Waals surface area contributed by atoms with Gasteiger partial charge in [0, 0.05) is 17.6 Å². The molecule has 1 N–H and O–H groups in total. The third kappa shape index (κ3) is 3.79. The van der Waals surface area contributed by atoms with Gasteiger partial charge in [-0.3, -0.25) is 4.79 Å². The number of benzene rings is 1. The van der Waals surface area contributed by atoms with Crippen LogP contribution in [0.1, 0.15) is 27.4 Å². The Morgan fingerprint density at radius 3 is 2.56 bits per heavy atom. The zero-order valence-corrected chi connectivity index (χ0v) is 14.1. The van der Waals surface area contributed by atoms with Gasteiger partial charge < -0.3 is 10.1 Å². The van der Waals surface area contributed by atoms with E-state index < -0.39 is 18.5 Å². The van der Waals surface area contributed by atoms with Crippen LogP contribution in [0.3, 0.4) is 0 Å². The number of nitrogens with zero attached hydrogens (tertiary/aromatic N) is 4. The van der Waals surface area contributed by atoms with Gasteiger partial charge in [0.25, 0.3) is 17.5 Å². The first-order valence-electron chi connectivity index (χ1n) is 7.66. The number of anilines is 1.